The summed E-state index contributed by atoms with van der Waals surface area (Å²) in [7, 11) is 0. The predicted octanol–water partition coefficient (Wildman–Crippen LogP) is 4.15. The first-order valence-electron chi connectivity index (χ1n) is 7.22. The number of nitrogens with one attached hydrogen (secondary N) is 1. The summed E-state index contributed by atoms with van der Waals surface area (Å²) in [4.78, 5) is 12.5. The van der Waals surface area contributed by atoms with E-state index in [9.17, 15) is 9.90 Å². The highest BCUT2D eigenvalue weighted by Crippen LogP contribution is 2.21. The van der Waals surface area contributed by atoms with E-state index in [0.717, 1.165) is 16.3 Å². The fraction of sp³-hybridized carbons (Fsp3) is 0.105. The summed E-state index contributed by atoms with van der Waals surface area (Å²) in [6, 6.07) is 20.7. The lowest BCUT2D eigenvalue weighted by Gasteiger charge is -2.09. The van der Waals surface area contributed by atoms with Crippen molar-refractivity contribution >= 4 is 22.4 Å². The maximum Gasteiger partial charge on any atom is 0.256 e. The zero-order valence-corrected chi connectivity index (χ0v) is 12.3. The average Bonchev–Trinajstić information content (AvgIpc) is 2.54. The summed E-state index contributed by atoms with van der Waals surface area (Å²) in [5.41, 5.74) is 2.18. The van der Waals surface area contributed by atoms with Gasteiger partial charge in [-0.1, -0.05) is 48.5 Å². The molecule has 0 aliphatic rings. The van der Waals surface area contributed by atoms with Crippen molar-refractivity contribution in [3.63, 3.8) is 0 Å². The van der Waals surface area contributed by atoms with E-state index in [4.69, 9.17) is 0 Å². The normalized spacial score (nSPS) is 12.1. The Morgan fingerprint density at radius 1 is 0.955 bits per heavy atom. The summed E-state index contributed by atoms with van der Waals surface area (Å²) in [6.45, 7) is 1.71. The van der Waals surface area contributed by atoms with Crippen LogP contribution in [0.4, 0.5) is 5.69 Å². The molecule has 0 radical (unpaired) electrons. The van der Waals surface area contributed by atoms with E-state index in [1.807, 2.05) is 54.6 Å². The van der Waals surface area contributed by atoms with Crippen LogP contribution in [0.25, 0.3) is 10.8 Å². The number of aliphatic hydroxyl groups is 1. The highest BCUT2D eigenvalue weighted by atomic mass is 16.3. The van der Waals surface area contributed by atoms with Gasteiger partial charge in [0.2, 0.25) is 0 Å². The number of benzene rings is 3. The van der Waals surface area contributed by atoms with Gasteiger partial charge in [0.25, 0.3) is 5.91 Å². The van der Waals surface area contributed by atoms with E-state index in [0.29, 0.717) is 11.3 Å². The van der Waals surface area contributed by atoms with Crippen LogP contribution in [-0.2, 0) is 0 Å². The van der Waals surface area contributed by atoms with Crippen LogP contribution in [0.3, 0.4) is 0 Å². The molecule has 0 fully saturated rings. The lowest BCUT2D eigenvalue weighted by atomic mass is 10.0. The second-order valence-corrected chi connectivity index (χ2v) is 5.28. The molecular formula is C19H17NO2. The molecule has 0 heterocycles. The standard InChI is InChI=1S/C19H17NO2/c1-13(21)14-9-11-16(12-10-14)20-19(22)18-8-4-6-15-5-2-3-7-17(15)18/h2-13,21H,1H3,(H,20,22)/t13-/m0/s1. The molecule has 3 aromatic carbocycles. The van der Waals surface area contributed by atoms with Gasteiger partial charge in [-0.2, -0.15) is 0 Å². The van der Waals surface area contributed by atoms with Crippen LogP contribution in [0.15, 0.2) is 66.7 Å². The van der Waals surface area contributed by atoms with Gasteiger partial charge in [0.05, 0.1) is 6.10 Å². The van der Waals surface area contributed by atoms with Crippen LogP contribution in [-0.4, -0.2) is 11.0 Å². The predicted molar refractivity (Wildman–Crippen MR) is 89.0 cm³/mol. The largest absolute Gasteiger partial charge is 0.389 e. The highest BCUT2D eigenvalue weighted by Gasteiger charge is 2.10. The monoisotopic (exact) mass is 291 g/mol. The van der Waals surface area contributed by atoms with E-state index in [1.165, 1.54) is 0 Å². The van der Waals surface area contributed by atoms with Crippen molar-refractivity contribution in [2.45, 2.75) is 13.0 Å². The Kier molecular flexibility index (Phi) is 3.90. The third kappa shape index (κ3) is 2.85. The second kappa shape index (κ2) is 6.00. The maximum absolute atomic E-state index is 12.5. The Bertz CT molecular complexity index is 802. The number of carbonyl (C=O) groups is 1. The second-order valence-electron chi connectivity index (χ2n) is 5.28. The molecule has 0 saturated heterocycles. The lowest BCUT2D eigenvalue weighted by Crippen LogP contribution is -2.12. The van der Waals surface area contributed by atoms with Gasteiger partial charge in [-0.15, -0.1) is 0 Å². The molecule has 0 aliphatic carbocycles. The third-order valence-corrected chi connectivity index (χ3v) is 3.69. The Morgan fingerprint density at radius 2 is 1.64 bits per heavy atom. The Balaban J connectivity index is 1.87. The van der Waals surface area contributed by atoms with Crippen LogP contribution >= 0.6 is 0 Å². The number of fused-ring (bicyclic) bond motifs is 1. The van der Waals surface area contributed by atoms with Crippen LogP contribution in [0, 0.1) is 0 Å². The van der Waals surface area contributed by atoms with Crippen LogP contribution in [0.2, 0.25) is 0 Å². The number of aliphatic hydroxyl groups excluding tert-OH is 1. The number of anilines is 1. The minimum atomic E-state index is -0.511. The molecule has 3 heteroatoms. The SMILES string of the molecule is C[C@H](O)c1ccc(NC(=O)c2cccc3ccccc23)cc1. The van der Waals surface area contributed by atoms with Gasteiger partial charge in [-0.05, 0) is 41.5 Å². The molecule has 1 amide bonds. The maximum atomic E-state index is 12.5. The van der Waals surface area contributed by atoms with E-state index in [1.54, 1.807) is 19.1 Å². The van der Waals surface area contributed by atoms with Gasteiger partial charge in [0.1, 0.15) is 0 Å². The van der Waals surface area contributed by atoms with Crippen molar-refractivity contribution in [2.24, 2.45) is 0 Å². The zero-order chi connectivity index (χ0) is 15.5. The topological polar surface area (TPSA) is 49.3 Å². The van der Waals surface area contributed by atoms with Crippen LogP contribution in [0.1, 0.15) is 28.9 Å². The van der Waals surface area contributed by atoms with Gasteiger partial charge in [0.15, 0.2) is 0 Å². The minimum absolute atomic E-state index is 0.137. The summed E-state index contributed by atoms with van der Waals surface area (Å²) in [5, 5.41) is 14.4. The first-order chi connectivity index (χ1) is 10.6. The molecule has 0 aliphatic heterocycles. The smallest absolute Gasteiger partial charge is 0.256 e. The molecule has 0 saturated carbocycles. The number of rotatable bonds is 3. The Hall–Kier alpha value is -2.65. The van der Waals surface area contributed by atoms with E-state index in [-0.39, 0.29) is 5.91 Å². The van der Waals surface area contributed by atoms with Crippen LogP contribution < -0.4 is 5.32 Å². The third-order valence-electron chi connectivity index (χ3n) is 3.69. The fourth-order valence-corrected chi connectivity index (χ4v) is 2.47. The van der Waals surface area contributed by atoms with Gasteiger partial charge < -0.3 is 10.4 Å². The molecule has 0 spiro atoms. The number of hydrogen-bond acceptors (Lipinski definition) is 2. The molecule has 3 nitrogen and oxygen atoms in total. The summed E-state index contributed by atoms with van der Waals surface area (Å²) < 4.78 is 0. The number of amides is 1. The molecule has 1 atom stereocenters. The van der Waals surface area contributed by atoms with Crippen molar-refractivity contribution in [1.82, 2.24) is 0 Å². The highest BCUT2D eigenvalue weighted by molar-refractivity contribution is 6.12. The fourth-order valence-electron chi connectivity index (χ4n) is 2.47. The molecular weight excluding hydrogens is 274 g/mol. The molecule has 3 rings (SSSR count). The lowest BCUT2D eigenvalue weighted by molar-refractivity contribution is 0.102. The van der Waals surface area contributed by atoms with Gasteiger partial charge in [-0.25, -0.2) is 0 Å². The first-order valence-corrected chi connectivity index (χ1v) is 7.22. The minimum Gasteiger partial charge on any atom is -0.389 e. The summed E-state index contributed by atoms with van der Waals surface area (Å²) >= 11 is 0. The van der Waals surface area contributed by atoms with Crippen molar-refractivity contribution in [3.05, 3.63) is 77.9 Å². The molecule has 3 aromatic rings. The van der Waals surface area contributed by atoms with Crippen LogP contribution in [0.5, 0.6) is 0 Å². The van der Waals surface area contributed by atoms with Crippen molar-refractivity contribution in [2.75, 3.05) is 5.32 Å². The van der Waals surface area contributed by atoms with Gasteiger partial charge in [-0.3, -0.25) is 4.79 Å². The average molecular weight is 291 g/mol. The molecule has 0 aromatic heterocycles. The quantitative estimate of drug-likeness (QED) is 0.761. The van der Waals surface area contributed by atoms with Crippen molar-refractivity contribution < 1.29 is 9.90 Å². The Morgan fingerprint density at radius 3 is 2.36 bits per heavy atom. The molecule has 0 unspecified atom stereocenters. The molecule has 2 N–H and O–H groups in total. The zero-order valence-electron chi connectivity index (χ0n) is 12.3. The summed E-state index contributed by atoms with van der Waals surface area (Å²) in [5.74, 6) is -0.137. The van der Waals surface area contributed by atoms with E-state index >= 15 is 0 Å². The number of carbonyl (C=O) groups excluding carboxylic acids is 1. The number of hydrogen-bond donors (Lipinski definition) is 2. The molecule has 110 valence electrons. The van der Waals surface area contributed by atoms with Crippen molar-refractivity contribution in [1.29, 1.82) is 0 Å². The van der Waals surface area contributed by atoms with Crippen molar-refractivity contribution in [3.8, 4) is 0 Å². The van der Waals surface area contributed by atoms with E-state index in [2.05, 4.69) is 5.32 Å². The molecule has 0 bridgehead atoms. The summed E-state index contributed by atoms with van der Waals surface area (Å²) in [6.07, 6.45) is -0.511. The van der Waals surface area contributed by atoms with E-state index < -0.39 is 6.10 Å². The van der Waals surface area contributed by atoms with Gasteiger partial charge >= 0.3 is 0 Å². The molecule has 22 heavy (non-hydrogen) atoms. The Labute approximate surface area is 129 Å². The first kappa shape index (κ1) is 14.3. The van der Waals surface area contributed by atoms with Gasteiger partial charge in [0, 0.05) is 11.3 Å².